The average molecular weight is 291 g/mol. The van der Waals surface area contributed by atoms with Crippen molar-refractivity contribution >= 4 is 5.82 Å². The first kappa shape index (κ1) is 16.2. The first-order valence-corrected chi connectivity index (χ1v) is 8.32. The third-order valence-electron chi connectivity index (χ3n) is 4.68. The zero-order chi connectivity index (χ0) is 15.1. The van der Waals surface area contributed by atoms with E-state index in [1.54, 1.807) is 0 Å². The lowest BCUT2D eigenvalue weighted by molar-refractivity contribution is 0.0971. The monoisotopic (exact) mass is 291 g/mol. The van der Waals surface area contributed by atoms with E-state index in [0.717, 1.165) is 51.1 Å². The van der Waals surface area contributed by atoms with Crippen LogP contribution in [0.15, 0.2) is 24.4 Å². The number of pyridine rings is 1. The van der Waals surface area contributed by atoms with Crippen molar-refractivity contribution in [2.45, 2.75) is 51.7 Å². The van der Waals surface area contributed by atoms with Crippen molar-refractivity contribution in [1.29, 1.82) is 0 Å². The van der Waals surface area contributed by atoms with E-state index in [1.165, 1.54) is 0 Å². The maximum atomic E-state index is 10.2. The molecule has 2 N–H and O–H groups in total. The summed E-state index contributed by atoms with van der Waals surface area (Å²) in [5, 5.41) is 13.7. The van der Waals surface area contributed by atoms with Crippen LogP contribution in [0.25, 0.3) is 0 Å². The van der Waals surface area contributed by atoms with Crippen LogP contribution in [0.3, 0.4) is 0 Å². The second kappa shape index (κ2) is 8.35. The van der Waals surface area contributed by atoms with Crippen molar-refractivity contribution in [3.63, 3.8) is 0 Å². The third-order valence-corrected chi connectivity index (χ3v) is 4.68. The van der Waals surface area contributed by atoms with Gasteiger partial charge in [-0.2, -0.15) is 0 Å². The molecular formula is C17H29N3O. The van der Waals surface area contributed by atoms with Gasteiger partial charge in [-0.15, -0.1) is 0 Å². The SMILES string of the molecule is CCC(CC)C(O)CNC1CCN(c2ccccn2)CC1. The number of anilines is 1. The van der Waals surface area contributed by atoms with Crippen LogP contribution >= 0.6 is 0 Å². The first-order chi connectivity index (χ1) is 10.2. The van der Waals surface area contributed by atoms with Crippen LogP contribution in [0.1, 0.15) is 39.5 Å². The van der Waals surface area contributed by atoms with Gasteiger partial charge in [0.2, 0.25) is 0 Å². The highest BCUT2D eigenvalue weighted by molar-refractivity contribution is 5.38. The Hall–Kier alpha value is -1.13. The summed E-state index contributed by atoms with van der Waals surface area (Å²) in [7, 11) is 0. The fourth-order valence-electron chi connectivity index (χ4n) is 3.14. The minimum absolute atomic E-state index is 0.214. The van der Waals surface area contributed by atoms with Crippen LogP contribution in [0.5, 0.6) is 0 Å². The van der Waals surface area contributed by atoms with Crippen LogP contribution in [0, 0.1) is 5.92 Å². The van der Waals surface area contributed by atoms with Gasteiger partial charge in [0, 0.05) is 31.9 Å². The summed E-state index contributed by atoms with van der Waals surface area (Å²) in [6.45, 7) is 7.11. The zero-order valence-corrected chi connectivity index (χ0v) is 13.3. The molecule has 0 bridgehead atoms. The van der Waals surface area contributed by atoms with Gasteiger partial charge < -0.3 is 15.3 Å². The minimum atomic E-state index is -0.214. The van der Waals surface area contributed by atoms with Gasteiger partial charge in [0.05, 0.1) is 6.10 Å². The highest BCUT2D eigenvalue weighted by Gasteiger charge is 2.21. The van der Waals surface area contributed by atoms with Crippen molar-refractivity contribution in [2.75, 3.05) is 24.5 Å². The lowest BCUT2D eigenvalue weighted by Gasteiger charge is -2.34. The molecule has 4 nitrogen and oxygen atoms in total. The minimum Gasteiger partial charge on any atom is -0.392 e. The molecule has 1 aliphatic rings. The Kier molecular flexibility index (Phi) is 6.46. The molecular weight excluding hydrogens is 262 g/mol. The van der Waals surface area contributed by atoms with Crippen molar-refractivity contribution < 1.29 is 5.11 Å². The number of aromatic nitrogens is 1. The van der Waals surface area contributed by atoms with Crippen molar-refractivity contribution in [3.05, 3.63) is 24.4 Å². The summed E-state index contributed by atoms with van der Waals surface area (Å²) in [6, 6.07) is 6.59. The molecule has 0 amide bonds. The second-order valence-corrected chi connectivity index (χ2v) is 6.00. The van der Waals surface area contributed by atoms with Crippen LogP contribution in [-0.4, -0.2) is 41.9 Å². The summed E-state index contributed by atoms with van der Waals surface area (Å²) in [5.41, 5.74) is 0. The fourth-order valence-corrected chi connectivity index (χ4v) is 3.14. The van der Waals surface area contributed by atoms with Gasteiger partial charge in [0.1, 0.15) is 5.82 Å². The van der Waals surface area contributed by atoms with Crippen molar-refractivity contribution in [3.8, 4) is 0 Å². The summed E-state index contributed by atoms with van der Waals surface area (Å²) < 4.78 is 0. The Morgan fingerprint density at radius 3 is 2.57 bits per heavy atom. The van der Waals surface area contributed by atoms with Crippen LogP contribution in [0.2, 0.25) is 0 Å². The lowest BCUT2D eigenvalue weighted by Crippen LogP contribution is -2.45. The normalized spacial score (nSPS) is 18.2. The topological polar surface area (TPSA) is 48.4 Å². The molecule has 4 heteroatoms. The largest absolute Gasteiger partial charge is 0.392 e. The highest BCUT2D eigenvalue weighted by Crippen LogP contribution is 2.18. The van der Waals surface area contributed by atoms with Gasteiger partial charge in [-0.1, -0.05) is 32.8 Å². The Morgan fingerprint density at radius 1 is 1.29 bits per heavy atom. The summed E-state index contributed by atoms with van der Waals surface area (Å²) in [4.78, 5) is 6.76. The number of nitrogens with zero attached hydrogens (tertiary/aromatic N) is 2. The highest BCUT2D eigenvalue weighted by atomic mass is 16.3. The standard InChI is InChI=1S/C17H29N3O/c1-3-14(4-2)16(21)13-19-15-8-11-20(12-9-15)17-7-5-6-10-18-17/h5-7,10,14-16,19,21H,3-4,8-9,11-13H2,1-2H3. The molecule has 0 aromatic carbocycles. The molecule has 2 rings (SSSR count). The van der Waals surface area contributed by atoms with E-state index in [-0.39, 0.29) is 6.10 Å². The van der Waals surface area contributed by atoms with Gasteiger partial charge in [0.15, 0.2) is 0 Å². The van der Waals surface area contributed by atoms with E-state index in [1.807, 2.05) is 18.3 Å². The number of aliphatic hydroxyl groups excluding tert-OH is 1. The predicted molar refractivity (Wildman–Crippen MR) is 87.6 cm³/mol. The molecule has 0 aliphatic carbocycles. The number of hydrogen-bond acceptors (Lipinski definition) is 4. The summed E-state index contributed by atoms with van der Waals surface area (Å²) in [6.07, 6.45) is 5.98. The quantitative estimate of drug-likeness (QED) is 0.810. The predicted octanol–water partition coefficient (Wildman–Crippen LogP) is 2.44. The molecule has 1 aromatic rings. The second-order valence-electron chi connectivity index (χ2n) is 6.00. The number of rotatable bonds is 7. The van der Waals surface area contributed by atoms with E-state index in [9.17, 15) is 5.11 Å². The number of piperidine rings is 1. The molecule has 1 fully saturated rings. The van der Waals surface area contributed by atoms with Gasteiger partial charge in [-0.3, -0.25) is 0 Å². The van der Waals surface area contributed by atoms with Gasteiger partial charge >= 0.3 is 0 Å². The Bertz CT molecular complexity index is 386. The average Bonchev–Trinajstić information content (AvgIpc) is 2.55. The van der Waals surface area contributed by atoms with E-state index < -0.39 is 0 Å². The van der Waals surface area contributed by atoms with Crippen molar-refractivity contribution in [1.82, 2.24) is 10.3 Å². The smallest absolute Gasteiger partial charge is 0.128 e. The van der Waals surface area contributed by atoms with E-state index in [4.69, 9.17) is 0 Å². The van der Waals surface area contributed by atoms with Crippen LogP contribution < -0.4 is 10.2 Å². The Labute approximate surface area is 128 Å². The van der Waals surface area contributed by atoms with Crippen molar-refractivity contribution in [2.24, 2.45) is 5.92 Å². The molecule has 0 saturated carbocycles. The van der Waals surface area contributed by atoms with Gasteiger partial charge in [-0.25, -0.2) is 4.98 Å². The van der Waals surface area contributed by atoms with E-state index in [0.29, 0.717) is 12.0 Å². The fraction of sp³-hybridized carbons (Fsp3) is 0.706. The molecule has 1 aromatic heterocycles. The van der Waals surface area contributed by atoms with Gasteiger partial charge in [-0.05, 0) is 30.9 Å². The van der Waals surface area contributed by atoms with E-state index >= 15 is 0 Å². The molecule has 1 aliphatic heterocycles. The maximum Gasteiger partial charge on any atom is 0.128 e. The summed E-state index contributed by atoms with van der Waals surface area (Å²) in [5.74, 6) is 1.50. The number of hydrogen-bond donors (Lipinski definition) is 2. The number of aliphatic hydroxyl groups is 1. The third kappa shape index (κ3) is 4.68. The van der Waals surface area contributed by atoms with Gasteiger partial charge in [0.25, 0.3) is 0 Å². The molecule has 0 spiro atoms. The molecule has 118 valence electrons. The molecule has 1 atom stereocenters. The first-order valence-electron chi connectivity index (χ1n) is 8.32. The summed E-state index contributed by atoms with van der Waals surface area (Å²) >= 11 is 0. The molecule has 1 saturated heterocycles. The number of nitrogens with one attached hydrogen (secondary N) is 1. The maximum absolute atomic E-state index is 10.2. The molecule has 21 heavy (non-hydrogen) atoms. The van der Waals surface area contributed by atoms with E-state index in [2.05, 4.69) is 35.1 Å². The molecule has 0 radical (unpaired) electrons. The Morgan fingerprint density at radius 2 is 2.00 bits per heavy atom. The Balaban J connectivity index is 1.72. The molecule has 2 heterocycles. The lowest BCUT2D eigenvalue weighted by atomic mass is 9.96. The zero-order valence-electron chi connectivity index (χ0n) is 13.3. The van der Waals surface area contributed by atoms with Crippen LogP contribution in [0.4, 0.5) is 5.82 Å². The van der Waals surface area contributed by atoms with Crippen LogP contribution in [-0.2, 0) is 0 Å². The molecule has 1 unspecified atom stereocenters.